The molecule has 0 atom stereocenters. The summed E-state index contributed by atoms with van der Waals surface area (Å²) < 4.78 is 9.88. The molecule has 1 heterocycles. The molecule has 5 nitrogen and oxygen atoms in total. The Morgan fingerprint density at radius 2 is 2.11 bits per heavy atom. The predicted octanol–water partition coefficient (Wildman–Crippen LogP) is 2.96. The molecule has 1 aromatic carbocycles. The Labute approximate surface area is 111 Å². The van der Waals surface area contributed by atoms with Crippen LogP contribution in [0.3, 0.4) is 0 Å². The standard InChI is InChI=1S/C14H16N2O3/c1-8(2)13-15-12(16-19-13)10-5-6-11(9(3)7-10)14(17)18-4/h5-8H,1-4H3. The van der Waals surface area contributed by atoms with Gasteiger partial charge in [0.15, 0.2) is 0 Å². The van der Waals surface area contributed by atoms with Crippen molar-refractivity contribution in [2.24, 2.45) is 0 Å². The molecule has 0 spiro atoms. The molecule has 2 aromatic rings. The fourth-order valence-electron chi connectivity index (χ4n) is 1.73. The summed E-state index contributed by atoms with van der Waals surface area (Å²) in [5, 5.41) is 3.94. The maximum Gasteiger partial charge on any atom is 0.338 e. The second-order valence-corrected chi connectivity index (χ2v) is 4.63. The fraction of sp³-hybridized carbons (Fsp3) is 0.357. The zero-order chi connectivity index (χ0) is 14.0. The summed E-state index contributed by atoms with van der Waals surface area (Å²) in [5.74, 6) is 0.977. The molecule has 0 saturated heterocycles. The monoisotopic (exact) mass is 260 g/mol. The number of hydrogen-bond acceptors (Lipinski definition) is 5. The normalized spacial score (nSPS) is 10.8. The van der Waals surface area contributed by atoms with E-state index in [4.69, 9.17) is 9.26 Å². The molecule has 0 N–H and O–H groups in total. The SMILES string of the molecule is COC(=O)c1ccc(-c2noc(C(C)C)n2)cc1C. The van der Waals surface area contributed by atoms with Crippen LogP contribution >= 0.6 is 0 Å². The fourth-order valence-corrected chi connectivity index (χ4v) is 1.73. The van der Waals surface area contributed by atoms with E-state index in [-0.39, 0.29) is 11.9 Å². The molecule has 1 aromatic heterocycles. The number of methoxy groups -OCH3 is 1. The van der Waals surface area contributed by atoms with Gasteiger partial charge >= 0.3 is 5.97 Å². The second-order valence-electron chi connectivity index (χ2n) is 4.63. The van der Waals surface area contributed by atoms with Crippen LogP contribution in [-0.4, -0.2) is 23.2 Å². The number of aromatic nitrogens is 2. The van der Waals surface area contributed by atoms with E-state index in [1.165, 1.54) is 7.11 Å². The van der Waals surface area contributed by atoms with Crippen LogP contribution in [0.1, 0.15) is 41.6 Å². The number of aryl methyl sites for hydroxylation is 1. The first-order valence-corrected chi connectivity index (χ1v) is 6.06. The maximum absolute atomic E-state index is 11.5. The topological polar surface area (TPSA) is 65.2 Å². The Balaban J connectivity index is 2.35. The summed E-state index contributed by atoms with van der Waals surface area (Å²) in [7, 11) is 1.36. The van der Waals surface area contributed by atoms with Crippen molar-refractivity contribution in [3.8, 4) is 11.4 Å². The first-order chi connectivity index (χ1) is 9.02. The van der Waals surface area contributed by atoms with Gasteiger partial charge in [-0.05, 0) is 24.6 Å². The van der Waals surface area contributed by atoms with Crippen LogP contribution in [0.2, 0.25) is 0 Å². The average Bonchev–Trinajstić information content (AvgIpc) is 2.87. The Bertz CT molecular complexity index is 602. The Kier molecular flexibility index (Phi) is 3.64. The summed E-state index contributed by atoms with van der Waals surface area (Å²) in [6.07, 6.45) is 0. The molecule has 0 amide bonds. The number of benzene rings is 1. The lowest BCUT2D eigenvalue weighted by atomic mass is 10.0. The molecule has 0 aliphatic heterocycles. The third-order valence-corrected chi connectivity index (χ3v) is 2.83. The minimum atomic E-state index is -0.347. The van der Waals surface area contributed by atoms with Crippen LogP contribution in [0, 0.1) is 6.92 Å². The van der Waals surface area contributed by atoms with Gasteiger partial charge in [0.05, 0.1) is 12.7 Å². The van der Waals surface area contributed by atoms with Crippen molar-refractivity contribution in [1.29, 1.82) is 0 Å². The number of carbonyl (C=O) groups excluding carboxylic acids is 1. The van der Waals surface area contributed by atoms with Gasteiger partial charge in [0.25, 0.3) is 0 Å². The Morgan fingerprint density at radius 1 is 1.37 bits per heavy atom. The molecule has 0 radical (unpaired) electrons. The molecule has 2 rings (SSSR count). The van der Waals surface area contributed by atoms with E-state index in [1.807, 2.05) is 26.8 Å². The van der Waals surface area contributed by atoms with Crippen LogP contribution in [0.15, 0.2) is 22.7 Å². The van der Waals surface area contributed by atoms with E-state index < -0.39 is 0 Å². The minimum absolute atomic E-state index is 0.191. The van der Waals surface area contributed by atoms with E-state index in [1.54, 1.807) is 12.1 Å². The number of carbonyl (C=O) groups is 1. The molecular weight excluding hydrogens is 244 g/mol. The summed E-state index contributed by atoms with van der Waals surface area (Å²) in [5.41, 5.74) is 2.18. The lowest BCUT2D eigenvalue weighted by Crippen LogP contribution is -2.03. The maximum atomic E-state index is 11.5. The second kappa shape index (κ2) is 5.22. The highest BCUT2D eigenvalue weighted by Gasteiger charge is 2.14. The zero-order valence-corrected chi connectivity index (χ0v) is 11.4. The van der Waals surface area contributed by atoms with E-state index in [0.717, 1.165) is 11.1 Å². The van der Waals surface area contributed by atoms with Crippen molar-refractivity contribution in [2.45, 2.75) is 26.7 Å². The summed E-state index contributed by atoms with van der Waals surface area (Å²) in [6, 6.07) is 5.34. The minimum Gasteiger partial charge on any atom is -0.465 e. The first-order valence-electron chi connectivity index (χ1n) is 6.06. The van der Waals surface area contributed by atoms with Gasteiger partial charge in [0, 0.05) is 11.5 Å². The summed E-state index contributed by atoms with van der Waals surface area (Å²) in [6.45, 7) is 5.82. The van der Waals surface area contributed by atoms with E-state index >= 15 is 0 Å². The van der Waals surface area contributed by atoms with E-state index in [9.17, 15) is 4.79 Å². The number of ether oxygens (including phenoxy) is 1. The van der Waals surface area contributed by atoms with Crippen molar-refractivity contribution < 1.29 is 14.1 Å². The van der Waals surface area contributed by atoms with Crippen molar-refractivity contribution >= 4 is 5.97 Å². The van der Waals surface area contributed by atoms with Gasteiger partial charge in [0.2, 0.25) is 11.7 Å². The number of hydrogen-bond donors (Lipinski definition) is 0. The lowest BCUT2D eigenvalue weighted by molar-refractivity contribution is 0.0600. The molecule has 0 unspecified atom stereocenters. The quantitative estimate of drug-likeness (QED) is 0.794. The highest BCUT2D eigenvalue weighted by molar-refractivity contribution is 5.91. The first kappa shape index (κ1) is 13.3. The van der Waals surface area contributed by atoms with Crippen LogP contribution in [0.5, 0.6) is 0 Å². The van der Waals surface area contributed by atoms with Crippen LogP contribution in [0.25, 0.3) is 11.4 Å². The van der Waals surface area contributed by atoms with Gasteiger partial charge in [-0.1, -0.05) is 25.1 Å². The largest absolute Gasteiger partial charge is 0.465 e. The van der Waals surface area contributed by atoms with Gasteiger partial charge < -0.3 is 9.26 Å². The lowest BCUT2D eigenvalue weighted by Gasteiger charge is -2.04. The molecular formula is C14H16N2O3. The van der Waals surface area contributed by atoms with Gasteiger partial charge in [-0.25, -0.2) is 4.79 Å². The Morgan fingerprint density at radius 3 is 2.63 bits per heavy atom. The third-order valence-electron chi connectivity index (χ3n) is 2.83. The summed E-state index contributed by atoms with van der Waals surface area (Å²) >= 11 is 0. The van der Waals surface area contributed by atoms with Crippen LogP contribution in [-0.2, 0) is 4.74 Å². The number of nitrogens with zero attached hydrogens (tertiary/aromatic N) is 2. The predicted molar refractivity (Wildman–Crippen MR) is 69.9 cm³/mol. The number of rotatable bonds is 3. The zero-order valence-electron chi connectivity index (χ0n) is 11.4. The van der Waals surface area contributed by atoms with Gasteiger partial charge in [-0.3, -0.25) is 0 Å². The molecule has 0 saturated carbocycles. The van der Waals surface area contributed by atoms with Crippen molar-refractivity contribution in [1.82, 2.24) is 10.1 Å². The van der Waals surface area contributed by atoms with Crippen molar-refractivity contribution in [3.05, 3.63) is 35.2 Å². The van der Waals surface area contributed by atoms with Crippen molar-refractivity contribution in [3.63, 3.8) is 0 Å². The van der Waals surface area contributed by atoms with E-state index in [2.05, 4.69) is 10.1 Å². The Hall–Kier alpha value is -2.17. The van der Waals surface area contributed by atoms with Crippen molar-refractivity contribution in [2.75, 3.05) is 7.11 Å². The summed E-state index contributed by atoms with van der Waals surface area (Å²) in [4.78, 5) is 15.8. The van der Waals surface area contributed by atoms with Gasteiger partial charge in [-0.2, -0.15) is 4.98 Å². The third kappa shape index (κ3) is 2.65. The molecule has 0 aliphatic carbocycles. The molecule has 5 heteroatoms. The molecule has 0 aliphatic rings. The highest BCUT2D eigenvalue weighted by atomic mass is 16.5. The smallest absolute Gasteiger partial charge is 0.338 e. The van der Waals surface area contributed by atoms with Crippen LogP contribution < -0.4 is 0 Å². The molecule has 100 valence electrons. The molecule has 0 bridgehead atoms. The van der Waals surface area contributed by atoms with Crippen LogP contribution in [0.4, 0.5) is 0 Å². The average molecular weight is 260 g/mol. The molecule has 19 heavy (non-hydrogen) atoms. The van der Waals surface area contributed by atoms with Gasteiger partial charge in [0.1, 0.15) is 0 Å². The number of esters is 1. The van der Waals surface area contributed by atoms with E-state index in [0.29, 0.717) is 17.3 Å². The molecule has 0 fully saturated rings. The van der Waals surface area contributed by atoms with Gasteiger partial charge in [-0.15, -0.1) is 0 Å². The highest BCUT2D eigenvalue weighted by Crippen LogP contribution is 2.22.